The van der Waals surface area contributed by atoms with Gasteiger partial charge in [0.15, 0.2) is 0 Å². The molecular weight excluding hydrogens is 462 g/mol. The van der Waals surface area contributed by atoms with E-state index in [1.54, 1.807) is 85.4 Å². The van der Waals surface area contributed by atoms with Gasteiger partial charge >= 0.3 is 12.1 Å². The Labute approximate surface area is 199 Å². The molecule has 3 aromatic carbocycles. The Bertz CT molecular complexity index is 1300. The van der Waals surface area contributed by atoms with Crippen molar-refractivity contribution in [2.75, 3.05) is 0 Å². The van der Waals surface area contributed by atoms with E-state index in [1.807, 2.05) is 0 Å². The number of alkyl halides is 3. The number of hydrogen-bond donors (Lipinski definition) is 1. The van der Waals surface area contributed by atoms with Crippen LogP contribution in [0.2, 0.25) is 0 Å². The van der Waals surface area contributed by atoms with Gasteiger partial charge in [-0.15, -0.1) is 0 Å². The molecule has 1 amide bonds. The second-order valence-electron chi connectivity index (χ2n) is 8.44. The van der Waals surface area contributed by atoms with Crippen LogP contribution in [0.5, 0.6) is 5.75 Å². The monoisotopic (exact) mass is 485 g/mol. The number of aromatic nitrogens is 2. The molecule has 0 aliphatic heterocycles. The van der Waals surface area contributed by atoms with Crippen molar-refractivity contribution >= 4 is 16.8 Å². The van der Waals surface area contributed by atoms with Gasteiger partial charge in [0.2, 0.25) is 0 Å². The third-order valence-corrected chi connectivity index (χ3v) is 5.60. The SMILES string of the molecule is CC(C)[C@H](NC(=O)C(F)(F)F)[C@H](Oc1ccc2c(cnn2-c2ccc(F)cc2)c1)c1ccccc1. The second-order valence-corrected chi connectivity index (χ2v) is 8.44. The van der Waals surface area contributed by atoms with Crippen LogP contribution in [0.4, 0.5) is 17.6 Å². The van der Waals surface area contributed by atoms with Gasteiger partial charge in [-0.05, 0) is 53.9 Å². The van der Waals surface area contributed by atoms with E-state index >= 15 is 0 Å². The van der Waals surface area contributed by atoms with E-state index in [1.165, 1.54) is 12.1 Å². The molecule has 0 radical (unpaired) electrons. The molecule has 35 heavy (non-hydrogen) atoms. The lowest BCUT2D eigenvalue weighted by molar-refractivity contribution is -0.175. The smallest absolute Gasteiger partial charge is 0.471 e. The van der Waals surface area contributed by atoms with Crippen LogP contribution < -0.4 is 10.1 Å². The molecule has 0 bridgehead atoms. The molecule has 0 saturated carbocycles. The highest BCUT2D eigenvalue weighted by atomic mass is 19.4. The molecular formula is C26H23F4N3O2. The van der Waals surface area contributed by atoms with Crippen molar-refractivity contribution in [1.29, 1.82) is 0 Å². The number of rotatable bonds is 7. The molecule has 0 fully saturated rings. The zero-order chi connectivity index (χ0) is 25.2. The Morgan fingerprint density at radius 1 is 1.00 bits per heavy atom. The first-order chi connectivity index (χ1) is 16.6. The lowest BCUT2D eigenvalue weighted by Gasteiger charge is -2.32. The van der Waals surface area contributed by atoms with E-state index in [0.29, 0.717) is 17.0 Å². The van der Waals surface area contributed by atoms with E-state index in [4.69, 9.17) is 4.74 Å². The number of nitrogens with one attached hydrogen (secondary N) is 1. The Balaban J connectivity index is 1.68. The summed E-state index contributed by atoms with van der Waals surface area (Å²) in [5.41, 5.74) is 2.04. The third kappa shape index (κ3) is 5.45. The third-order valence-electron chi connectivity index (χ3n) is 5.60. The molecule has 0 saturated heterocycles. The molecule has 0 aliphatic carbocycles. The molecule has 4 rings (SSSR count). The van der Waals surface area contributed by atoms with Crippen molar-refractivity contribution in [3.05, 3.63) is 90.4 Å². The molecule has 4 aromatic rings. The van der Waals surface area contributed by atoms with Gasteiger partial charge in [-0.1, -0.05) is 44.2 Å². The topological polar surface area (TPSA) is 56.1 Å². The first kappa shape index (κ1) is 24.3. The van der Waals surface area contributed by atoms with Crippen LogP contribution in [0.15, 0.2) is 79.0 Å². The molecule has 1 aromatic heterocycles. The minimum absolute atomic E-state index is 0.356. The largest absolute Gasteiger partial charge is 0.484 e. The summed E-state index contributed by atoms with van der Waals surface area (Å²) in [4.78, 5) is 11.8. The highest BCUT2D eigenvalue weighted by Gasteiger charge is 2.42. The van der Waals surface area contributed by atoms with E-state index in [0.717, 1.165) is 10.9 Å². The van der Waals surface area contributed by atoms with Gasteiger partial charge in [-0.25, -0.2) is 9.07 Å². The molecule has 9 heteroatoms. The summed E-state index contributed by atoms with van der Waals surface area (Å²) in [6.07, 6.45) is -4.27. The highest BCUT2D eigenvalue weighted by molar-refractivity contribution is 5.82. The fourth-order valence-electron chi connectivity index (χ4n) is 3.84. The highest BCUT2D eigenvalue weighted by Crippen LogP contribution is 2.31. The van der Waals surface area contributed by atoms with Crippen LogP contribution >= 0.6 is 0 Å². The Kier molecular flexibility index (Phi) is 6.77. The molecule has 1 heterocycles. The van der Waals surface area contributed by atoms with Crippen molar-refractivity contribution < 1.29 is 27.1 Å². The zero-order valence-electron chi connectivity index (χ0n) is 19.0. The summed E-state index contributed by atoms with van der Waals surface area (Å²) >= 11 is 0. The van der Waals surface area contributed by atoms with E-state index in [-0.39, 0.29) is 11.7 Å². The van der Waals surface area contributed by atoms with Gasteiger partial charge in [-0.3, -0.25) is 4.79 Å². The molecule has 1 N–H and O–H groups in total. The van der Waals surface area contributed by atoms with Crippen LogP contribution in [-0.4, -0.2) is 27.9 Å². The predicted octanol–water partition coefficient (Wildman–Crippen LogP) is 5.99. The summed E-state index contributed by atoms with van der Waals surface area (Å²) in [6, 6.07) is 18.9. The van der Waals surface area contributed by atoms with Gasteiger partial charge in [0.05, 0.1) is 23.4 Å². The quantitative estimate of drug-likeness (QED) is 0.327. The number of benzene rings is 3. The van der Waals surface area contributed by atoms with Gasteiger partial charge in [0.1, 0.15) is 17.7 Å². The number of halogens is 4. The normalized spacial score (nSPS) is 13.6. The Morgan fingerprint density at radius 2 is 1.69 bits per heavy atom. The molecule has 5 nitrogen and oxygen atoms in total. The number of amides is 1. The standard InChI is InChI=1S/C26H23F4N3O2/c1-16(2)23(32-25(34)26(28,29)30)24(17-6-4-3-5-7-17)35-21-12-13-22-18(14-21)15-31-33(22)20-10-8-19(27)9-11-20/h3-16,23-24H,1-2H3,(H,32,34)/t23-,24+/m0/s1. The maximum Gasteiger partial charge on any atom is 0.471 e. The lowest BCUT2D eigenvalue weighted by atomic mass is 9.93. The van der Waals surface area contributed by atoms with Crippen molar-refractivity contribution in [3.63, 3.8) is 0 Å². The van der Waals surface area contributed by atoms with Crippen LogP contribution in [-0.2, 0) is 4.79 Å². The number of fused-ring (bicyclic) bond motifs is 1. The summed E-state index contributed by atoms with van der Waals surface area (Å²) in [5, 5.41) is 7.19. The fourth-order valence-corrected chi connectivity index (χ4v) is 3.84. The lowest BCUT2D eigenvalue weighted by Crippen LogP contribution is -2.49. The second kappa shape index (κ2) is 9.77. The van der Waals surface area contributed by atoms with Crippen molar-refractivity contribution in [1.82, 2.24) is 15.1 Å². The van der Waals surface area contributed by atoms with Crippen LogP contribution in [0.1, 0.15) is 25.5 Å². The van der Waals surface area contributed by atoms with Crippen molar-refractivity contribution in [3.8, 4) is 11.4 Å². The molecule has 0 aliphatic rings. The van der Waals surface area contributed by atoms with E-state index in [9.17, 15) is 22.4 Å². The van der Waals surface area contributed by atoms with Crippen molar-refractivity contribution in [2.45, 2.75) is 32.2 Å². The Morgan fingerprint density at radius 3 is 2.31 bits per heavy atom. The number of carbonyl (C=O) groups is 1. The first-order valence-electron chi connectivity index (χ1n) is 11.0. The molecule has 0 unspecified atom stereocenters. The average molecular weight is 485 g/mol. The fraction of sp³-hybridized carbons (Fsp3) is 0.231. The van der Waals surface area contributed by atoms with Gasteiger partial charge < -0.3 is 10.1 Å². The van der Waals surface area contributed by atoms with Crippen molar-refractivity contribution in [2.24, 2.45) is 5.92 Å². The number of ether oxygens (including phenoxy) is 1. The minimum Gasteiger partial charge on any atom is -0.484 e. The predicted molar refractivity (Wildman–Crippen MR) is 124 cm³/mol. The number of hydrogen-bond acceptors (Lipinski definition) is 3. The van der Waals surface area contributed by atoms with Crippen LogP contribution in [0.3, 0.4) is 0 Å². The summed E-state index contributed by atoms with van der Waals surface area (Å²) in [7, 11) is 0. The van der Waals surface area contributed by atoms with E-state index < -0.39 is 24.2 Å². The average Bonchev–Trinajstić information content (AvgIpc) is 3.24. The summed E-state index contributed by atoms with van der Waals surface area (Å²) in [5.74, 6) is -2.34. The van der Waals surface area contributed by atoms with E-state index in [2.05, 4.69) is 10.4 Å². The summed E-state index contributed by atoms with van der Waals surface area (Å²) in [6.45, 7) is 3.44. The first-order valence-corrected chi connectivity index (χ1v) is 11.0. The minimum atomic E-state index is -5.01. The zero-order valence-corrected chi connectivity index (χ0v) is 19.0. The Hall–Kier alpha value is -3.88. The maximum atomic E-state index is 13.3. The van der Waals surface area contributed by atoms with Gasteiger partial charge in [-0.2, -0.15) is 18.3 Å². The van der Waals surface area contributed by atoms with Crippen LogP contribution in [0.25, 0.3) is 16.6 Å². The molecule has 2 atom stereocenters. The molecule has 182 valence electrons. The van der Waals surface area contributed by atoms with Crippen LogP contribution in [0, 0.1) is 11.7 Å². The maximum absolute atomic E-state index is 13.3. The van der Waals surface area contributed by atoms with Gasteiger partial charge in [0.25, 0.3) is 0 Å². The van der Waals surface area contributed by atoms with Gasteiger partial charge in [0, 0.05) is 5.39 Å². The number of carbonyl (C=O) groups excluding carboxylic acids is 1. The number of nitrogens with zero attached hydrogens (tertiary/aromatic N) is 2. The molecule has 0 spiro atoms. The summed E-state index contributed by atoms with van der Waals surface area (Å²) < 4.78 is 60.2.